The van der Waals surface area contributed by atoms with Crippen molar-refractivity contribution in [2.24, 2.45) is 0 Å². The summed E-state index contributed by atoms with van der Waals surface area (Å²) in [5, 5.41) is 4.78. The summed E-state index contributed by atoms with van der Waals surface area (Å²) in [4.78, 5) is 5.67. The fraction of sp³-hybridized carbons (Fsp3) is 0.550. The molecule has 1 N–H and O–H groups in total. The summed E-state index contributed by atoms with van der Waals surface area (Å²) in [7, 11) is 4.90. The highest BCUT2D eigenvalue weighted by Gasteiger charge is 2.19. The second-order valence-corrected chi connectivity index (χ2v) is 7.68. The van der Waals surface area contributed by atoms with E-state index in [1.54, 1.807) is 32.7 Å². The van der Waals surface area contributed by atoms with Gasteiger partial charge in [0.05, 0.1) is 26.2 Å². The molecule has 0 bridgehead atoms. The van der Waals surface area contributed by atoms with Crippen molar-refractivity contribution >= 4 is 11.3 Å². The minimum atomic E-state index is 0.610. The first kappa shape index (κ1) is 19.0. The van der Waals surface area contributed by atoms with Gasteiger partial charge in [0.15, 0.2) is 11.5 Å². The van der Waals surface area contributed by atoms with E-state index in [1.807, 2.05) is 18.3 Å². The van der Waals surface area contributed by atoms with Gasteiger partial charge < -0.3 is 19.5 Å². The lowest BCUT2D eigenvalue weighted by Gasteiger charge is -2.15. The molecule has 142 valence electrons. The van der Waals surface area contributed by atoms with Crippen molar-refractivity contribution in [3.8, 4) is 27.7 Å². The minimum Gasteiger partial charge on any atom is -0.493 e. The lowest BCUT2D eigenvalue weighted by molar-refractivity contribution is 0.325. The largest absolute Gasteiger partial charge is 0.493 e. The van der Waals surface area contributed by atoms with E-state index in [2.05, 4.69) is 10.3 Å². The van der Waals surface area contributed by atoms with Gasteiger partial charge >= 0.3 is 0 Å². The number of ether oxygens (including phenoxy) is 3. The minimum absolute atomic E-state index is 0.610. The van der Waals surface area contributed by atoms with Gasteiger partial charge in [-0.05, 0) is 25.0 Å². The van der Waals surface area contributed by atoms with Gasteiger partial charge in [0.2, 0.25) is 5.75 Å². The van der Waals surface area contributed by atoms with Crippen LogP contribution in [0.3, 0.4) is 0 Å². The predicted octanol–water partition coefficient (Wildman–Crippen LogP) is 4.65. The molecule has 2 aromatic rings. The molecule has 1 aromatic carbocycles. The molecular weight excluding hydrogens is 348 g/mol. The van der Waals surface area contributed by atoms with Crippen molar-refractivity contribution in [1.29, 1.82) is 0 Å². The Morgan fingerprint density at radius 3 is 2.38 bits per heavy atom. The number of nitrogens with zero attached hydrogens (tertiary/aromatic N) is 1. The first-order valence-electron chi connectivity index (χ1n) is 9.24. The van der Waals surface area contributed by atoms with Gasteiger partial charge in [-0.25, -0.2) is 4.98 Å². The van der Waals surface area contributed by atoms with Gasteiger partial charge in [-0.15, -0.1) is 11.3 Å². The number of aromatic nitrogens is 1. The fourth-order valence-electron chi connectivity index (χ4n) is 3.53. The van der Waals surface area contributed by atoms with Gasteiger partial charge in [0.1, 0.15) is 5.01 Å². The molecule has 0 amide bonds. The third kappa shape index (κ3) is 4.30. The lowest BCUT2D eigenvalue weighted by atomic mass is 10.1. The summed E-state index contributed by atoms with van der Waals surface area (Å²) in [5.41, 5.74) is 0.975. The van der Waals surface area contributed by atoms with E-state index in [4.69, 9.17) is 14.2 Å². The fourth-order valence-corrected chi connectivity index (χ4v) is 4.42. The number of hydrogen-bond donors (Lipinski definition) is 1. The van der Waals surface area contributed by atoms with Crippen molar-refractivity contribution in [3.63, 3.8) is 0 Å². The predicted molar refractivity (Wildman–Crippen MR) is 106 cm³/mol. The molecule has 1 fully saturated rings. The number of methoxy groups -OCH3 is 3. The summed E-state index contributed by atoms with van der Waals surface area (Å²) in [5.74, 6) is 1.95. The topological polar surface area (TPSA) is 52.6 Å². The van der Waals surface area contributed by atoms with E-state index in [0.29, 0.717) is 23.3 Å². The molecule has 1 saturated carbocycles. The highest BCUT2D eigenvalue weighted by Crippen LogP contribution is 2.45. The van der Waals surface area contributed by atoms with Gasteiger partial charge in [-0.3, -0.25) is 0 Å². The van der Waals surface area contributed by atoms with Crippen LogP contribution in [0.5, 0.6) is 17.2 Å². The van der Waals surface area contributed by atoms with E-state index in [0.717, 1.165) is 22.0 Å². The van der Waals surface area contributed by atoms with Crippen molar-refractivity contribution in [1.82, 2.24) is 10.3 Å². The monoisotopic (exact) mass is 376 g/mol. The maximum atomic E-state index is 5.60. The van der Waals surface area contributed by atoms with Crippen molar-refractivity contribution < 1.29 is 14.2 Å². The molecule has 3 rings (SSSR count). The third-order valence-corrected chi connectivity index (χ3v) is 5.95. The van der Waals surface area contributed by atoms with Crippen LogP contribution >= 0.6 is 11.3 Å². The van der Waals surface area contributed by atoms with Crippen LogP contribution in [0.4, 0.5) is 0 Å². The second kappa shape index (κ2) is 9.24. The quantitative estimate of drug-likeness (QED) is 0.713. The van der Waals surface area contributed by atoms with Crippen LogP contribution in [0.25, 0.3) is 10.4 Å². The van der Waals surface area contributed by atoms with Crippen LogP contribution in [0, 0.1) is 0 Å². The zero-order valence-corrected chi connectivity index (χ0v) is 16.7. The van der Waals surface area contributed by atoms with Gasteiger partial charge in [-0.2, -0.15) is 0 Å². The second-order valence-electron chi connectivity index (χ2n) is 6.57. The molecule has 0 atom stereocenters. The van der Waals surface area contributed by atoms with Crippen LogP contribution in [0.15, 0.2) is 18.3 Å². The standard InChI is InChI=1S/C20H28N2O3S/c1-23-16-11-10-15(19(24-2)20(16)25-3)17-12-22-18(26-17)13-21-14-8-6-4-5-7-9-14/h10-12,14,21H,4-9,13H2,1-3H3. The first-order chi connectivity index (χ1) is 12.8. The Bertz CT molecular complexity index is 709. The number of hydrogen-bond acceptors (Lipinski definition) is 6. The summed E-state index contributed by atoms with van der Waals surface area (Å²) in [6, 6.07) is 4.52. The molecule has 0 spiro atoms. The number of thiazole rings is 1. The van der Waals surface area contributed by atoms with Crippen LogP contribution in [-0.4, -0.2) is 32.4 Å². The zero-order chi connectivity index (χ0) is 18.4. The molecule has 6 heteroatoms. The molecule has 0 saturated heterocycles. The molecule has 0 unspecified atom stereocenters. The highest BCUT2D eigenvalue weighted by atomic mass is 32.1. The Kier molecular flexibility index (Phi) is 6.74. The van der Waals surface area contributed by atoms with E-state index in [9.17, 15) is 0 Å². The Morgan fingerprint density at radius 1 is 1.00 bits per heavy atom. The normalized spacial score (nSPS) is 15.5. The molecular formula is C20H28N2O3S. The molecule has 1 heterocycles. The maximum Gasteiger partial charge on any atom is 0.203 e. The number of benzene rings is 1. The van der Waals surface area contributed by atoms with E-state index in [1.165, 1.54) is 38.5 Å². The average molecular weight is 377 g/mol. The van der Waals surface area contributed by atoms with Crippen molar-refractivity contribution in [3.05, 3.63) is 23.3 Å². The molecule has 1 aliphatic carbocycles. The highest BCUT2D eigenvalue weighted by molar-refractivity contribution is 7.15. The van der Waals surface area contributed by atoms with Gasteiger partial charge in [0, 0.05) is 24.3 Å². The average Bonchev–Trinajstić information content (AvgIpc) is 2.99. The van der Waals surface area contributed by atoms with Crippen LogP contribution < -0.4 is 19.5 Å². The molecule has 1 aromatic heterocycles. The molecule has 26 heavy (non-hydrogen) atoms. The maximum absolute atomic E-state index is 5.60. The Morgan fingerprint density at radius 2 is 1.73 bits per heavy atom. The smallest absolute Gasteiger partial charge is 0.203 e. The zero-order valence-electron chi connectivity index (χ0n) is 15.8. The number of rotatable bonds is 7. The molecule has 0 aliphatic heterocycles. The van der Waals surface area contributed by atoms with Crippen molar-refractivity contribution in [2.45, 2.75) is 51.1 Å². The Labute approximate surface area is 159 Å². The lowest BCUT2D eigenvalue weighted by Crippen LogP contribution is -2.27. The molecule has 5 nitrogen and oxygen atoms in total. The van der Waals surface area contributed by atoms with E-state index in [-0.39, 0.29) is 0 Å². The Balaban J connectivity index is 1.75. The van der Waals surface area contributed by atoms with E-state index >= 15 is 0 Å². The molecule has 0 radical (unpaired) electrons. The number of nitrogens with one attached hydrogen (secondary N) is 1. The van der Waals surface area contributed by atoms with Crippen molar-refractivity contribution in [2.75, 3.05) is 21.3 Å². The van der Waals surface area contributed by atoms with Crippen LogP contribution in [-0.2, 0) is 6.54 Å². The third-order valence-electron chi connectivity index (χ3n) is 4.92. The summed E-state index contributed by atoms with van der Waals surface area (Å²) >= 11 is 1.69. The van der Waals surface area contributed by atoms with Crippen LogP contribution in [0.1, 0.15) is 43.5 Å². The van der Waals surface area contributed by atoms with Gasteiger partial charge in [0.25, 0.3) is 0 Å². The first-order valence-corrected chi connectivity index (χ1v) is 10.1. The SMILES string of the molecule is COc1ccc(-c2cnc(CNC3CCCCCC3)s2)c(OC)c1OC. The van der Waals surface area contributed by atoms with E-state index < -0.39 is 0 Å². The van der Waals surface area contributed by atoms with Crippen LogP contribution in [0.2, 0.25) is 0 Å². The summed E-state index contributed by atoms with van der Waals surface area (Å²) in [6.07, 6.45) is 9.90. The summed E-state index contributed by atoms with van der Waals surface area (Å²) < 4.78 is 16.5. The Hall–Kier alpha value is -1.79. The van der Waals surface area contributed by atoms with Gasteiger partial charge in [-0.1, -0.05) is 25.7 Å². The molecule has 1 aliphatic rings. The summed E-state index contributed by atoms with van der Waals surface area (Å²) in [6.45, 7) is 0.824.